The number of aromatic hydroxyl groups is 1. The Morgan fingerprint density at radius 2 is 1.94 bits per heavy atom. The van der Waals surface area contributed by atoms with Crippen LogP contribution in [0.2, 0.25) is 0 Å². The third-order valence-electron chi connectivity index (χ3n) is 2.77. The SMILES string of the molecule is CCN(CC)C(=O)CCCSc1ccccc1O. The normalized spacial score (nSPS) is 10.3. The Kier molecular flexibility index (Phi) is 6.65. The number of phenols is 1. The summed E-state index contributed by atoms with van der Waals surface area (Å²) in [6, 6.07) is 7.29. The van der Waals surface area contributed by atoms with Crippen molar-refractivity contribution < 1.29 is 9.90 Å². The van der Waals surface area contributed by atoms with Crippen LogP contribution >= 0.6 is 11.8 Å². The zero-order valence-corrected chi connectivity index (χ0v) is 11.9. The number of hydrogen-bond donors (Lipinski definition) is 1. The number of carbonyl (C=O) groups excluding carboxylic acids is 1. The highest BCUT2D eigenvalue weighted by atomic mass is 32.2. The molecule has 4 heteroatoms. The summed E-state index contributed by atoms with van der Waals surface area (Å²) in [5, 5.41) is 9.59. The number of carbonyl (C=O) groups is 1. The lowest BCUT2D eigenvalue weighted by atomic mass is 10.3. The Morgan fingerprint density at radius 1 is 1.28 bits per heavy atom. The predicted molar refractivity (Wildman–Crippen MR) is 76.0 cm³/mol. The molecular formula is C14H21NO2S. The molecule has 0 fully saturated rings. The van der Waals surface area contributed by atoms with E-state index < -0.39 is 0 Å². The molecule has 100 valence electrons. The molecule has 0 aliphatic rings. The number of para-hydroxylation sites is 1. The van der Waals surface area contributed by atoms with Gasteiger partial charge in [0, 0.05) is 24.4 Å². The molecule has 18 heavy (non-hydrogen) atoms. The van der Waals surface area contributed by atoms with Crippen molar-refractivity contribution in [1.29, 1.82) is 0 Å². The molecule has 0 aliphatic heterocycles. The first kappa shape index (κ1) is 14.9. The maximum Gasteiger partial charge on any atom is 0.222 e. The quantitative estimate of drug-likeness (QED) is 0.609. The fourth-order valence-corrected chi connectivity index (χ4v) is 2.62. The minimum atomic E-state index is 0.220. The number of hydrogen-bond acceptors (Lipinski definition) is 3. The number of phenolic OH excluding ortho intramolecular Hbond substituents is 1. The average molecular weight is 267 g/mol. The molecule has 1 N–H and O–H groups in total. The van der Waals surface area contributed by atoms with Gasteiger partial charge < -0.3 is 10.0 Å². The average Bonchev–Trinajstić information content (AvgIpc) is 2.38. The van der Waals surface area contributed by atoms with Crippen LogP contribution in [-0.2, 0) is 4.79 Å². The number of benzene rings is 1. The topological polar surface area (TPSA) is 40.5 Å². The van der Waals surface area contributed by atoms with Gasteiger partial charge in [0.2, 0.25) is 5.91 Å². The van der Waals surface area contributed by atoms with Gasteiger partial charge >= 0.3 is 0 Å². The van der Waals surface area contributed by atoms with Crippen molar-refractivity contribution in [2.45, 2.75) is 31.6 Å². The van der Waals surface area contributed by atoms with Crippen molar-refractivity contribution in [2.24, 2.45) is 0 Å². The van der Waals surface area contributed by atoms with Crippen molar-refractivity contribution in [3.63, 3.8) is 0 Å². The van der Waals surface area contributed by atoms with Crippen LogP contribution in [0.1, 0.15) is 26.7 Å². The molecule has 0 radical (unpaired) electrons. The monoisotopic (exact) mass is 267 g/mol. The number of thioether (sulfide) groups is 1. The number of nitrogens with zero attached hydrogens (tertiary/aromatic N) is 1. The van der Waals surface area contributed by atoms with E-state index >= 15 is 0 Å². The summed E-state index contributed by atoms with van der Waals surface area (Å²) in [4.78, 5) is 14.5. The Bertz CT molecular complexity index is 378. The molecule has 1 aromatic rings. The van der Waals surface area contributed by atoms with E-state index in [1.54, 1.807) is 17.8 Å². The molecule has 0 aliphatic carbocycles. The molecule has 1 rings (SSSR count). The highest BCUT2D eigenvalue weighted by Gasteiger charge is 2.08. The molecule has 0 saturated heterocycles. The van der Waals surface area contributed by atoms with Gasteiger partial charge in [-0.05, 0) is 38.2 Å². The molecule has 0 atom stereocenters. The van der Waals surface area contributed by atoms with Crippen molar-refractivity contribution in [3.05, 3.63) is 24.3 Å². The standard InChI is InChI=1S/C14H21NO2S/c1-3-15(4-2)14(17)10-7-11-18-13-9-6-5-8-12(13)16/h5-6,8-9,16H,3-4,7,10-11H2,1-2H3. The van der Waals surface area contributed by atoms with Crippen LogP contribution in [-0.4, -0.2) is 34.8 Å². The van der Waals surface area contributed by atoms with Crippen molar-refractivity contribution in [1.82, 2.24) is 4.90 Å². The second-order valence-corrected chi connectivity index (χ2v) is 5.12. The van der Waals surface area contributed by atoms with E-state index in [-0.39, 0.29) is 5.91 Å². The predicted octanol–water partition coefficient (Wildman–Crippen LogP) is 3.13. The summed E-state index contributed by atoms with van der Waals surface area (Å²) < 4.78 is 0. The van der Waals surface area contributed by atoms with Crippen LogP contribution < -0.4 is 0 Å². The Balaban J connectivity index is 2.27. The van der Waals surface area contributed by atoms with Gasteiger partial charge in [-0.1, -0.05) is 12.1 Å². The third-order valence-corrected chi connectivity index (χ3v) is 3.92. The fourth-order valence-electron chi connectivity index (χ4n) is 1.72. The number of rotatable bonds is 7. The summed E-state index contributed by atoms with van der Waals surface area (Å²) in [6.45, 7) is 5.56. The van der Waals surface area contributed by atoms with Gasteiger partial charge in [0.05, 0.1) is 0 Å². The first-order valence-electron chi connectivity index (χ1n) is 6.37. The van der Waals surface area contributed by atoms with Gasteiger partial charge in [-0.15, -0.1) is 11.8 Å². The molecule has 0 aromatic heterocycles. The summed E-state index contributed by atoms with van der Waals surface area (Å²) in [6.07, 6.45) is 1.43. The number of amides is 1. The maximum absolute atomic E-state index is 11.8. The summed E-state index contributed by atoms with van der Waals surface area (Å²) in [5.41, 5.74) is 0. The maximum atomic E-state index is 11.8. The van der Waals surface area contributed by atoms with Crippen molar-refractivity contribution in [2.75, 3.05) is 18.8 Å². The molecule has 0 bridgehead atoms. The van der Waals surface area contributed by atoms with Crippen molar-refractivity contribution >= 4 is 17.7 Å². The summed E-state index contributed by atoms with van der Waals surface area (Å²) >= 11 is 1.60. The van der Waals surface area contributed by atoms with E-state index in [1.807, 2.05) is 36.9 Å². The third kappa shape index (κ3) is 4.61. The first-order valence-corrected chi connectivity index (χ1v) is 7.36. The van der Waals surface area contributed by atoms with Crippen LogP contribution in [0.4, 0.5) is 0 Å². The van der Waals surface area contributed by atoms with Gasteiger partial charge in [0.25, 0.3) is 0 Å². The zero-order valence-electron chi connectivity index (χ0n) is 11.1. The Morgan fingerprint density at radius 3 is 2.56 bits per heavy atom. The zero-order chi connectivity index (χ0) is 13.4. The highest BCUT2D eigenvalue weighted by Crippen LogP contribution is 2.28. The second kappa shape index (κ2) is 8.03. The minimum absolute atomic E-state index is 0.220. The molecule has 3 nitrogen and oxygen atoms in total. The van der Waals surface area contributed by atoms with E-state index in [0.717, 1.165) is 30.2 Å². The molecule has 1 aromatic carbocycles. The van der Waals surface area contributed by atoms with Crippen LogP contribution in [0.15, 0.2) is 29.2 Å². The van der Waals surface area contributed by atoms with Crippen LogP contribution in [0, 0.1) is 0 Å². The summed E-state index contributed by atoms with van der Waals surface area (Å²) in [5.74, 6) is 1.39. The Labute approximate surface area is 113 Å². The van der Waals surface area contributed by atoms with Crippen LogP contribution in [0.25, 0.3) is 0 Å². The van der Waals surface area contributed by atoms with Crippen molar-refractivity contribution in [3.8, 4) is 5.75 Å². The minimum Gasteiger partial charge on any atom is -0.507 e. The van der Waals surface area contributed by atoms with E-state index in [2.05, 4.69) is 0 Å². The largest absolute Gasteiger partial charge is 0.507 e. The summed E-state index contributed by atoms with van der Waals surface area (Å²) in [7, 11) is 0. The van der Waals surface area contributed by atoms with Gasteiger partial charge in [-0.25, -0.2) is 0 Å². The second-order valence-electron chi connectivity index (χ2n) is 3.99. The van der Waals surface area contributed by atoms with E-state index in [0.29, 0.717) is 12.2 Å². The van der Waals surface area contributed by atoms with E-state index in [1.165, 1.54) is 0 Å². The van der Waals surface area contributed by atoms with Gasteiger partial charge in [-0.2, -0.15) is 0 Å². The lowest BCUT2D eigenvalue weighted by molar-refractivity contribution is -0.130. The molecular weight excluding hydrogens is 246 g/mol. The van der Waals surface area contributed by atoms with Gasteiger partial charge in [0.1, 0.15) is 5.75 Å². The van der Waals surface area contributed by atoms with Crippen LogP contribution in [0.3, 0.4) is 0 Å². The molecule has 0 spiro atoms. The lowest BCUT2D eigenvalue weighted by Crippen LogP contribution is -2.30. The van der Waals surface area contributed by atoms with E-state index in [9.17, 15) is 9.90 Å². The molecule has 0 heterocycles. The van der Waals surface area contributed by atoms with Gasteiger partial charge in [0.15, 0.2) is 0 Å². The highest BCUT2D eigenvalue weighted by molar-refractivity contribution is 7.99. The lowest BCUT2D eigenvalue weighted by Gasteiger charge is -2.18. The molecule has 0 saturated carbocycles. The van der Waals surface area contributed by atoms with Gasteiger partial charge in [-0.3, -0.25) is 4.79 Å². The fraction of sp³-hybridized carbons (Fsp3) is 0.500. The van der Waals surface area contributed by atoms with E-state index in [4.69, 9.17) is 0 Å². The Hall–Kier alpha value is -1.16. The molecule has 0 unspecified atom stereocenters. The first-order chi connectivity index (χ1) is 8.69. The smallest absolute Gasteiger partial charge is 0.222 e. The molecule has 1 amide bonds. The van der Waals surface area contributed by atoms with Crippen LogP contribution in [0.5, 0.6) is 5.75 Å².